The van der Waals surface area contributed by atoms with Gasteiger partial charge in [-0.3, -0.25) is 4.57 Å². The van der Waals surface area contributed by atoms with E-state index in [1.54, 1.807) is 0 Å². The number of rotatable bonds is 10. The third-order valence-electron chi connectivity index (χ3n) is 13.0. The van der Waals surface area contributed by atoms with E-state index in [0.29, 0.717) is 11.5 Å². The van der Waals surface area contributed by atoms with Gasteiger partial charge in [0.15, 0.2) is 0 Å². The SMILES string of the molecule is CC(C)(C)c1ccc2c(c1)c1ccc(Oc3[c-]c(-n4[c-][n+](-c5c(-c6ccccc6)cccc5-c5ccccc5)c5ccccc54)ccc3)[c-]c1n2-c1cc(CC(C)(C)c2ccccc2)ccn1.[Pt]. The zero-order valence-electron chi connectivity index (χ0n) is 38.8. The molecule has 11 aromatic rings. The maximum absolute atomic E-state index is 6.73. The summed E-state index contributed by atoms with van der Waals surface area (Å²) in [7, 11) is 0. The van der Waals surface area contributed by atoms with Gasteiger partial charge in [0.1, 0.15) is 5.82 Å². The average molecular weight is 1060 g/mol. The van der Waals surface area contributed by atoms with Gasteiger partial charge in [0.25, 0.3) is 6.33 Å². The van der Waals surface area contributed by atoms with Gasteiger partial charge in [-0.1, -0.05) is 186 Å². The molecular formula is C62H50N4OPt-2. The summed E-state index contributed by atoms with van der Waals surface area (Å²) in [5, 5.41) is 2.25. The monoisotopic (exact) mass is 1060 g/mol. The van der Waals surface area contributed by atoms with Crippen LogP contribution in [0.3, 0.4) is 0 Å². The third kappa shape index (κ3) is 8.37. The Kier molecular flexibility index (Phi) is 11.8. The summed E-state index contributed by atoms with van der Waals surface area (Å²) in [6.07, 6.45) is 6.57. The summed E-state index contributed by atoms with van der Waals surface area (Å²) >= 11 is 0. The van der Waals surface area contributed by atoms with Gasteiger partial charge in [0.05, 0.1) is 16.7 Å². The Morgan fingerprint density at radius 2 is 1.21 bits per heavy atom. The molecule has 8 aromatic carbocycles. The zero-order chi connectivity index (χ0) is 45.7. The van der Waals surface area contributed by atoms with Crippen LogP contribution in [0.2, 0.25) is 0 Å². The fraction of sp³-hybridized carbons (Fsp3) is 0.129. The Labute approximate surface area is 413 Å². The van der Waals surface area contributed by atoms with Crippen LogP contribution in [0.1, 0.15) is 51.3 Å². The van der Waals surface area contributed by atoms with Crippen LogP contribution in [0.5, 0.6) is 11.5 Å². The van der Waals surface area contributed by atoms with Gasteiger partial charge in [0, 0.05) is 44.3 Å². The molecule has 6 heteroatoms. The molecule has 0 bridgehead atoms. The maximum Gasteiger partial charge on any atom is 0.268 e. The fourth-order valence-electron chi connectivity index (χ4n) is 9.52. The van der Waals surface area contributed by atoms with Crippen molar-refractivity contribution < 1.29 is 30.4 Å². The molecule has 0 saturated carbocycles. The quantitative estimate of drug-likeness (QED) is 0.101. The summed E-state index contributed by atoms with van der Waals surface area (Å²) < 4.78 is 13.2. The Morgan fingerprint density at radius 1 is 0.559 bits per heavy atom. The van der Waals surface area contributed by atoms with Crippen LogP contribution in [0.4, 0.5) is 0 Å². The minimum atomic E-state index is -0.0663. The predicted octanol–water partition coefficient (Wildman–Crippen LogP) is 14.7. The van der Waals surface area contributed by atoms with Crippen molar-refractivity contribution in [3.05, 3.63) is 235 Å². The van der Waals surface area contributed by atoms with Crippen LogP contribution in [-0.4, -0.2) is 14.1 Å². The molecule has 0 aliphatic rings. The third-order valence-corrected chi connectivity index (χ3v) is 13.0. The first-order chi connectivity index (χ1) is 32.6. The maximum atomic E-state index is 6.73. The van der Waals surface area contributed by atoms with Crippen LogP contribution in [0.25, 0.3) is 72.3 Å². The van der Waals surface area contributed by atoms with Crippen molar-refractivity contribution in [2.45, 2.75) is 51.9 Å². The molecule has 0 spiro atoms. The molecule has 0 amide bonds. The molecule has 0 saturated heterocycles. The van der Waals surface area contributed by atoms with E-state index < -0.39 is 0 Å². The van der Waals surface area contributed by atoms with Gasteiger partial charge in [0.2, 0.25) is 0 Å². The Balaban J connectivity index is 0.00000539. The predicted molar refractivity (Wildman–Crippen MR) is 273 cm³/mol. The van der Waals surface area contributed by atoms with E-state index in [4.69, 9.17) is 9.72 Å². The number of nitrogens with zero attached hydrogens (tertiary/aromatic N) is 4. The first kappa shape index (κ1) is 44.5. The molecule has 0 radical (unpaired) electrons. The molecule has 68 heavy (non-hydrogen) atoms. The largest absolute Gasteiger partial charge is 0.510 e. The molecule has 5 nitrogen and oxygen atoms in total. The minimum absolute atomic E-state index is 0. The summed E-state index contributed by atoms with van der Waals surface area (Å²) in [6, 6.07) is 75.5. The average Bonchev–Trinajstić information content (AvgIpc) is 3.90. The number of imidazole rings is 1. The minimum Gasteiger partial charge on any atom is -0.510 e. The first-order valence-electron chi connectivity index (χ1n) is 23.0. The van der Waals surface area contributed by atoms with E-state index in [0.717, 1.165) is 78.7 Å². The fourth-order valence-corrected chi connectivity index (χ4v) is 9.52. The molecule has 336 valence electrons. The Bertz CT molecular complexity index is 3530. The molecule has 0 fully saturated rings. The van der Waals surface area contributed by atoms with Crippen molar-refractivity contribution in [1.29, 1.82) is 0 Å². The summed E-state index contributed by atoms with van der Waals surface area (Å²) in [5.74, 6) is 2.00. The second-order valence-electron chi connectivity index (χ2n) is 19.0. The van der Waals surface area contributed by atoms with Gasteiger partial charge in [-0.2, -0.15) is 18.2 Å². The van der Waals surface area contributed by atoms with Crippen LogP contribution >= 0.6 is 0 Å². The van der Waals surface area contributed by atoms with E-state index in [-0.39, 0.29) is 31.9 Å². The van der Waals surface area contributed by atoms with Gasteiger partial charge in [-0.15, -0.1) is 29.7 Å². The first-order valence-corrected chi connectivity index (χ1v) is 23.0. The molecule has 0 N–H and O–H groups in total. The number of benzene rings is 8. The summed E-state index contributed by atoms with van der Waals surface area (Å²) in [6.45, 7) is 11.4. The van der Waals surface area contributed by atoms with Crippen molar-refractivity contribution in [3.8, 4) is 50.9 Å². The number of hydrogen-bond donors (Lipinski definition) is 0. The molecule has 0 atom stereocenters. The number of hydrogen-bond acceptors (Lipinski definition) is 2. The smallest absolute Gasteiger partial charge is 0.268 e. The molecule has 11 rings (SSSR count). The van der Waals surface area contributed by atoms with Gasteiger partial charge in [-0.05, 0) is 85.5 Å². The van der Waals surface area contributed by atoms with Crippen molar-refractivity contribution in [1.82, 2.24) is 14.1 Å². The Hall–Kier alpha value is -7.33. The molecule has 0 aliphatic heterocycles. The zero-order valence-corrected chi connectivity index (χ0v) is 41.0. The number of aromatic nitrogens is 4. The normalized spacial score (nSPS) is 11.8. The molecule has 0 unspecified atom stereocenters. The number of pyridine rings is 1. The molecule has 0 aliphatic carbocycles. The van der Waals surface area contributed by atoms with Gasteiger partial charge in [-0.25, -0.2) is 4.98 Å². The second-order valence-corrected chi connectivity index (χ2v) is 19.0. The van der Waals surface area contributed by atoms with Crippen LogP contribution in [-0.2, 0) is 38.3 Å². The van der Waals surface area contributed by atoms with E-state index in [1.807, 2.05) is 24.4 Å². The standard InChI is InChI=1S/C62H50N4O.Pt/c1-61(2,3)47-31-34-55-54(38-47)53-33-32-50(40-58(53)66(55)59-37-43(35-36-63-59)41-62(4,5)46-23-13-8-14-24-46)67-49-26-17-25-48(39-49)64-42-65(57-30-16-15-29-56(57)64)60-51(44-19-9-6-10-20-44)27-18-28-52(60)45-21-11-7-12-22-45;/h6-38H,41H2,1-5H3;/q-2;. The number of ether oxygens (including phenoxy) is 1. The van der Waals surface area contributed by atoms with Crippen molar-refractivity contribution in [2.24, 2.45) is 0 Å². The van der Waals surface area contributed by atoms with Gasteiger partial charge < -0.3 is 13.9 Å². The number of fused-ring (bicyclic) bond motifs is 4. The summed E-state index contributed by atoms with van der Waals surface area (Å²) in [4.78, 5) is 5.00. The summed E-state index contributed by atoms with van der Waals surface area (Å²) in [5.41, 5.74) is 14.0. The molecular weight excluding hydrogens is 1010 g/mol. The van der Waals surface area contributed by atoms with E-state index >= 15 is 0 Å². The molecule has 3 heterocycles. The van der Waals surface area contributed by atoms with E-state index in [1.165, 1.54) is 16.7 Å². The number of para-hydroxylation sites is 3. The van der Waals surface area contributed by atoms with E-state index in [2.05, 4.69) is 243 Å². The second kappa shape index (κ2) is 18.1. The van der Waals surface area contributed by atoms with Gasteiger partial charge >= 0.3 is 0 Å². The van der Waals surface area contributed by atoms with Crippen LogP contribution in [0, 0.1) is 18.5 Å². The van der Waals surface area contributed by atoms with Crippen molar-refractivity contribution in [3.63, 3.8) is 0 Å². The van der Waals surface area contributed by atoms with Crippen LogP contribution in [0.15, 0.2) is 200 Å². The van der Waals surface area contributed by atoms with Crippen molar-refractivity contribution in [2.75, 3.05) is 0 Å². The topological polar surface area (TPSA) is 35.9 Å². The Morgan fingerprint density at radius 3 is 1.91 bits per heavy atom. The molecule has 3 aromatic heterocycles. The van der Waals surface area contributed by atoms with Crippen LogP contribution < -0.4 is 9.30 Å². The van der Waals surface area contributed by atoms with Crippen molar-refractivity contribution >= 4 is 32.8 Å². The van der Waals surface area contributed by atoms with E-state index in [9.17, 15) is 0 Å².